The molecule has 21 heavy (non-hydrogen) atoms. The average molecular weight is 288 g/mol. The van der Waals surface area contributed by atoms with E-state index in [0.717, 1.165) is 0 Å². The smallest absolute Gasteiger partial charge is 0.130 e. The molecule has 4 nitrogen and oxygen atoms in total. The topological polar surface area (TPSA) is 58.9 Å². The molecule has 2 rings (SSSR count). The van der Waals surface area contributed by atoms with E-state index in [9.17, 15) is 5.11 Å². The summed E-state index contributed by atoms with van der Waals surface area (Å²) in [6.45, 7) is 0.0570. The molecule has 0 radical (unpaired) electrons. The van der Waals surface area contributed by atoms with Crippen molar-refractivity contribution in [3.8, 4) is 11.5 Å². The molecule has 2 atom stereocenters. The number of hydrogen-bond acceptors (Lipinski definition) is 4. The Kier molecular flexibility index (Phi) is 6.06. The molecule has 4 heteroatoms. The van der Waals surface area contributed by atoms with Gasteiger partial charge in [0.05, 0.1) is 0 Å². The molecule has 0 saturated carbocycles. The van der Waals surface area contributed by atoms with E-state index in [1.54, 1.807) is 0 Å². The molecule has 2 aromatic carbocycles. The highest BCUT2D eigenvalue weighted by molar-refractivity contribution is 5.22. The van der Waals surface area contributed by atoms with Crippen molar-refractivity contribution in [1.82, 2.24) is 0 Å². The van der Waals surface area contributed by atoms with E-state index in [1.807, 2.05) is 60.7 Å². The van der Waals surface area contributed by atoms with Crippen molar-refractivity contribution in [2.75, 3.05) is 13.2 Å². The van der Waals surface area contributed by atoms with Gasteiger partial charge in [0.25, 0.3) is 0 Å². The molecule has 0 spiro atoms. The normalized spacial score (nSPS) is 13.4. The summed E-state index contributed by atoms with van der Waals surface area (Å²) < 4.78 is 11.2. The number of rotatable bonds is 8. The fourth-order valence-electron chi connectivity index (χ4n) is 1.94. The third kappa shape index (κ3) is 5.10. The minimum atomic E-state index is -0.822. The van der Waals surface area contributed by atoms with Gasteiger partial charge in [-0.15, -0.1) is 0 Å². The van der Waals surface area contributed by atoms with Crippen molar-refractivity contribution in [3.05, 3.63) is 60.7 Å². The lowest BCUT2D eigenvalue weighted by atomic mass is 10.1. The first kappa shape index (κ1) is 15.4. The summed E-state index contributed by atoms with van der Waals surface area (Å²) in [5.74, 6) is 1.36. The summed E-state index contributed by atoms with van der Waals surface area (Å²) in [7, 11) is 0. The number of benzene rings is 2. The lowest BCUT2D eigenvalue weighted by molar-refractivity contribution is -0.00472. The molecule has 0 saturated heterocycles. The van der Waals surface area contributed by atoms with Gasteiger partial charge in [0, 0.05) is 13.0 Å². The van der Waals surface area contributed by atoms with Crippen molar-refractivity contribution in [1.29, 1.82) is 0 Å². The minimum absolute atomic E-state index is 0.0557. The van der Waals surface area contributed by atoms with Crippen LogP contribution >= 0.6 is 0 Å². The van der Waals surface area contributed by atoms with Crippen LogP contribution in [-0.2, 0) is 0 Å². The van der Waals surface area contributed by atoms with Crippen LogP contribution in [0.2, 0.25) is 0 Å². The van der Waals surface area contributed by atoms with Gasteiger partial charge in [-0.05, 0) is 24.3 Å². The monoisotopic (exact) mass is 288 g/mol. The lowest BCUT2D eigenvalue weighted by Gasteiger charge is -2.23. The van der Waals surface area contributed by atoms with Gasteiger partial charge in [-0.3, -0.25) is 0 Å². The van der Waals surface area contributed by atoms with Crippen molar-refractivity contribution >= 4 is 0 Å². The molecule has 0 aliphatic carbocycles. The maximum Gasteiger partial charge on any atom is 0.130 e. The van der Waals surface area contributed by atoms with Gasteiger partial charge >= 0.3 is 0 Å². The Morgan fingerprint density at radius 3 is 2.00 bits per heavy atom. The molecule has 2 N–H and O–H groups in total. The fraction of sp³-hybridized carbons (Fsp3) is 0.294. The van der Waals surface area contributed by atoms with Crippen molar-refractivity contribution in [2.24, 2.45) is 0 Å². The Morgan fingerprint density at radius 1 is 0.857 bits per heavy atom. The second-order valence-electron chi connectivity index (χ2n) is 4.67. The van der Waals surface area contributed by atoms with Crippen molar-refractivity contribution in [3.63, 3.8) is 0 Å². The van der Waals surface area contributed by atoms with Crippen LogP contribution in [0.15, 0.2) is 60.7 Å². The largest absolute Gasteiger partial charge is 0.491 e. The van der Waals surface area contributed by atoms with E-state index in [4.69, 9.17) is 14.6 Å². The van der Waals surface area contributed by atoms with Crippen molar-refractivity contribution < 1.29 is 19.7 Å². The summed E-state index contributed by atoms with van der Waals surface area (Å²) in [5.41, 5.74) is 0. The highest BCUT2D eigenvalue weighted by atomic mass is 16.5. The second-order valence-corrected chi connectivity index (χ2v) is 4.67. The van der Waals surface area contributed by atoms with Crippen LogP contribution < -0.4 is 9.47 Å². The molecular formula is C17H20O4. The van der Waals surface area contributed by atoms with Crippen LogP contribution in [-0.4, -0.2) is 35.6 Å². The highest BCUT2D eigenvalue weighted by Gasteiger charge is 2.21. The van der Waals surface area contributed by atoms with Crippen LogP contribution in [0.25, 0.3) is 0 Å². The summed E-state index contributed by atoms with van der Waals surface area (Å²) in [6, 6.07) is 18.5. The van der Waals surface area contributed by atoms with Gasteiger partial charge < -0.3 is 19.7 Å². The quantitative estimate of drug-likeness (QED) is 0.782. The van der Waals surface area contributed by atoms with Crippen LogP contribution in [0.1, 0.15) is 6.42 Å². The number of ether oxygens (including phenoxy) is 2. The summed E-state index contributed by atoms with van der Waals surface area (Å²) in [5, 5.41) is 19.3. The van der Waals surface area contributed by atoms with E-state index >= 15 is 0 Å². The predicted octanol–water partition coefficient (Wildman–Crippen LogP) is 2.26. The van der Waals surface area contributed by atoms with E-state index in [-0.39, 0.29) is 13.2 Å². The average Bonchev–Trinajstić information content (AvgIpc) is 2.54. The number of aliphatic hydroxyl groups is 2. The Balaban J connectivity index is 1.90. The first-order valence-corrected chi connectivity index (χ1v) is 6.98. The molecular weight excluding hydrogens is 268 g/mol. The Morgan fingerprint density at radius 2 is 1.43 bits per heavy atom. The van der Waals surface area contributed by atoms with E-state index in [2.05, 4.69) is 0 Å². The highest BCUT2D eigenvalue weighted by Crippen LogP contribution is 2.16. The molecule has 2 aromatic rings. The molecule has 0 aliphatic heterocycles. The van der Waals surface area contributed by atoms with E-state index in [1.165, 1.54) is 0 Å². The minimum Gasteiger partial charge on any atom is -0.491 e. The Bertz CT molecular complexity index is 501. The predicted molar refractivity (Wildman–Crippen MR) is 80.5 cm³/mol. The van der Waals surface area contributed by atoms with E-state index in [0.29, 0.717) is 17.9 Å². The van der Waals surface area contributed by atoms with E-state index < -0.39 is 12.2 Å². The lowest BCUT2D eigenvalue weighted by Crippen LogP contribution is -2.37. The van der Waals surface area contributed by atoms with Crippen LogP contribution in [0.5, 0.6) is 11.5 Å². The summed E-state index contributed by atoms with van der Waals surface area (Å²) >= 11 is 0. The SMILES string of the molecule is OCCC(Oc1ccccc1)C(O)COc1ccccc1. The standard InChI is InChI=1S/C17H20O4/c18-12-11-17(21-15-9-5-2-6-10-15)16(19)13-20-14-7-3-1-4-8-14/h1-10,16-19H,11-13H2. The third-order valence-electron chi connectivity index (χ3n) is 3.04. The third-order valence-corrected chi connectivity index (χ3v) is 3.04. The van der Waals surface area contributed by atoms with Gasteiger partial charge in [0.1, 0.15) is 30.3 Å². The molecule has 0 aliphatic rings. The Hall–Kier alpha value is -2.04. The van der Waals surface area contributed by atoms with Crippen LogP contribution in [0.3, 0.4) is 0 Å². The number of para-hydroxylation sites is 2. The van der Waals surface area contributed by atoms with Crippen molar-refractivity contribution in [2.45, 2.75) is 18.6 Å². The molecule has 0 aromatic heterocycles. The Labute approximate surface area is 124 Å². The fourth-order valence-corrected chi connectivity index (χ4v) is 1.94. The van der Waals surface area contributed by atoms with Crippen LogP contribution in [0.4, 0.5) is 0 Å². The van der Waals surface area contributed by atoms with Gasteiger partial charge in [0.2, 0.25) is 0 Å². The zero-order chi connectivity index (χ0) is 14.9. The second kappa shape index (κ2) is 8.29. The van der Waals surface area contributed by atoms with Gasteiger partial charge in [0.15, 0.2) is 0 Å². The van der Waals surface area contributed by atoms with Crippen LogP contribution in [0, 0.1) is 0 Å². The molecule has 0 heterocycles. The summed E-state index contributed by atoms with van der Waals surface area (Å²) in [4.78, 5) is 0. The van der Waals surface area contributed by atoms with Gasteiger partial charge in [-0.25, -0.2) is 0 Å². The summed E-state index contributed by atoms with van der Waals surface area (Å²) in [6.07, 6.45) is -0.993. The van der Waals surface area contributed by atoms with Gasteiger partial charge in [-0.2, -0.15) is 0 Å². The maximum absolute atomic E-state index is 10.2. The zero-order valence-electron chi connectivity index (χ0n) is 11.8. The molecule has 2 unspecified atom stereocenters. The first-order valence-electron chi connectivity index (χ1n) is 6.98. The molecule has 0 fully saturated rings. The maximum atomic E-state index is 10.2. The molecule has 0 amide bonds. The number of hydrogen-bond donors (Lipinski definition) is 2. The first-order chi connectivity index (χ1) is 10.3. The zero-order valence-corrected chi connectivity index (χ0v) is 11.8. The molecule has 112 valence electrons. The molecule has 0 bridgehead atoms. The number of aliphatic hydroxyl groups excluding tert-OH is 2. The van der Waals surface area contributed by atoms with Gasteiger partial charge in [-0.1, -0.05) is 36.4 Å².